The van der Waals surface area contributed by atoms with Gasteiger partial charge in [-0.25, -0.2) is 9.97 Å². The Kier molecular flexibility index (Phi) is 4.24. The van der Waals surface area contributed by atoms with Crippen LogP contribution in [0.2, 0.25) is 5.02 Å². The minimum absolute atomic E-state index is 0.603. The second-order valence-corrected chi connectivity index (χ2v) is 5.85. The van der Waals surface area contributed by atoms with Gasteiger partial charge < -0.3 is 15.2 Å². The molecule has 0 bridgehead atoms. The van der Waals surface area contributed by atoms with E-state index in [1.807, 2.05) is 18.2 Å². The molecule has 0 unspecified atom stereocenters. The zero-order valence-corrected chi connectivity index (χ0v) is 12.4. The zero-order valence-electron chi connectivity index (χ0n) is 11.7. The number of aromatic nitrogens is 2. The Morgan fingerprint density at radius 1 is 1.33 bits per heavy atom. The highest BCUT2D eigenvalue weighted by atomic mass is 35.5. The van der Waals surface area contributed by atoms with E-state index in [4.69, 9.17) is 16.3 Å². The van der Waals surface area contributed by atoms with Gasteiger partial charge in [-0.15, -0.1) is 0 Å². The maximum atomic E-state index is 10.4. The van der Waals surface area contributed by atoms with Gasteiger partial charge >= 0.3 is 0 Å². The summed E-state index contributed by atoms with van der Waals surface area (Å²) in [6.07, 6.45) is 3.66. The summed E-state index contributed by atoms with van der Waals surface area (Å²) in [5.74, 6) is 0.757. The summed E-state index contributed by atoms with van der Waals surface area (Å²) in [5.41, 5.74) is 0.0441. The number of pyridine rings is 2. The number of fused-ring (bicyclic) bond motifs is 1. The van der Waals surface area contributed by atoms with E-state index in [0.717, 1.165) is 11.2 Å². The number of nitrogens with one attached hydrogen (secondary N) is 1. The summed E-state index contributed by atoms with van der Waals surface area (Å²) in [6, 6.07) is 5.67. The third-order valence-corrected chi connectivity index (χ3v) is 4.04. The number of nitrogens with zero attached hydrogens (tertiary/aromatic N) is 2. The van der Waals surface area contributed by atoms with Crippen LogP contribution in [0.4, 0.5) is 5.82 Å². The molecule has 2 aromatic heterocycles. The number of hydrogen-bond acceptors (Lipinski definition) is 5. The highest BCUT2D eigenvalue weighted by Crippen LogP contribution is 2.24. The van der Waals surface area contributed by atoms with Crippen molar-refractivity contribution in [3.63, 3.8) is 0 Å². The van der Waals surface area contributed by atoms with E-state index in [0.29, 0.717) is 49.7 Å². The molecule has 1 fully saturated rings. The predicted molar refractivity (Wildman–Crippen MR) is 82.7 cm³/mol. The minimum Gasteiger partial charge on any atom is -0.390 e. The van der Waals surface area contributed by atoms with Crippen molar-refractivity contribution in [3.8, 4) is 0 Å². The molecule has 0 aliphatic carbocycles. The molecule has 0 saturated carbocycles. The monoisotopic (exact) mass is 307 g/mol. The maximum absolute atomic E-state index is 10.4. The molecule has 3 heterocycles. The largest absolute Gasteiger partial charge is 0.390 e. The molecule has 21 heavy (non-hydrogen) atoms. The molecule has 2 N–H and O–H groups in total. The highest BCUT2D eigenvalue weighted by molar-refractivity contribution is 6.31. The first-order valence-electron chi connectivity index (χ1n) is 7.11. The van der Waals surface area contributed by atoms with Crippen molar-refractivity contribution in [2.24, 2.45) is 0 Å². The van der Waals surface area contributed by atoms with E-state index < -0.39 is 5.60 Å². The van der Waals surface area contributed by atoms with Gasteiger partial charge in [-0.05, 0) is 37.5 Å². The van der Waals surface area contributed by atoms with Gasteiger partial charge in [-0.3, -0.25) is 0 Å². The average molecular weight is 308 g/mol. The Balaban J connectivity index is 1.61. The van der Waals surface area contributed by atoms with Crippen molar-refractivity contribution in [2.75, 3.05) is 25.1 Å². The summed E-state index contributed by atoms with van der Waals surface area (Å²) in [4.78, 5) is 8.64. The standard InChI is InChI=1S/C15H18ClN3O2/c16-12-9-11-1-2-13(19-14(11)18-10-12)17-6-3-15(20)4-7-21-8-5-15/h1-2,9-10,20H,3-8H2,(H,17,18,19). The molecular weight excluding hydrogens is 290 g/mol. The van der Waals surface area contributed by atoms with Gasteiger partial charge in [0.05, 0.1) is 10.6 Å². The third kappa shape index (κ3) is 3.61. The fourth-order valence-electron chi connectivity index (χ4n) is 2.51. The number of anilines is 1. The Labute approximate surface area is 128 Å². The topological polar surface area (TPSA) is 67.3 Å². The summed E-state index contributed by atoms with van der Waals surface area (Å²) in [5, 5.41) is 15.1. The van der Waals surface area contributed by atoms with E-state index in [-0.39, 0.29) is 0 Å². The Hall–Kier alpha value is -1.43. The molecule has 6 heteroatoms. The van der Waals surface area contributed by atoms with Gasteiger partial charge in [0, 0.05) is 31.3 Å². The molecule has 2 aromatic rings. The Morgan fingerprint density at radius 2 is 2.14 bits per heavy atom. The van der Waals surface area contributed by atoms with Crippen LogP contribution >= 0.6 is 11.6 Å². The summed E-state index contributed by atoms with van der Waals surface area (Å²) in [6.45, 7) is 1.94. The predicted octanol–water partition coefficient (Wildman–Crippen LogP) is 2.63. The highest BCUT2D eigenvalue weighted by Gasteiger charge is 2.28. The van der Waals surface area contributed by atoms with Gasteiger partial charge in [-0.1, -0.05) is 11.6 Å². The van der Waals surface area contributed by atoms with E-state index >= 15 is 0 Å². The normalized spacial score (nSPS) is 17.8. The molecule has 3 rings (SSSR count). The van der Waals surface area contributed by atoms with Gasteiger partial charge in [0.15, 0.2) is 5.65 Å². The van der Waals surface area contributed by atoms with Gasteiger partial charge in [0.2, 0.25) is 0 Å². The van der Waals surface area contributed by atoms with Crippen LogP contribution in [-0.4, -0.2) is 40.4 Å². The zero-order chi connectivity index (χ0) is 14.7. The van der Waals surface area contributed by atoms with Crippen LogP contribution in [0.3, 0.4) is 0 Å². The van der Waals surface area contributed by atoms with Crippen LogP contribution in [0.15, 0.2) is 24.4 Å². The number of aliphatic hydroxyl groups is 1. The molecule has 0 radical (unpaired) electrons. The molecule has 0 atom stereocenters. The smallest absolute Gasteiger partial charge is 0.161 e. The van der Waals surface area contributed by atoms with Crippen LogP contribution in [0, 0.1) is 0 Å². The molecule has 1 saturated heterocycles. The van der Waals surface area contributed by atoms with Crippen LogP contribution in [0.5, 0.6) is 0 Å². The number of rotatable bonds is 4. The van der Waals surface area contributed by atoms with Crippen molar-refractivity contribution in [3.05, 3.63) is 29.4 Å². The lowest BCUT2D eigenvalue weighted by Crippen LogP contribution is -2.37. The van der Waals surface area contributed by atoms with Crippen molar-refractivity contribution >= 4 is 28.5 Å². The van der Waals surface area contributed by atoms with Gasteiger partial charge in [-0.2, -0.15) is 0 Å². The first kappa shape index (κ1) is 14.5. The first-order valence-corrected chi connectivity index (χ1v) is 7.49. The molecule has 1 aliphatic rings. The lowest BCUT2D eigenvalue weighted by molar-refractivity contribution is -0.0657. The third-order valence-electron chi connectivity index (χ3n) is 3.83. The van der Waals surface area contributed by atoms with E-state index in [2.05, 4.69) is 15.3 Å². The van der Waals surface area contributed by atoms with Crippen LogP contribution in [-0.2, 0) is 4.74 Å². The van der Waals surface area contributed by atoms with E-state index in [1.165, 1.54) is 0 Å². The van der Waals surface area contributed by atoms with Crippen LogP contribution < -0.4 is 5.32 Å². The summed E-state index contributed by atoms with van der Waals surface area (Å²) < 4.78 is 5.28. The SMILES string of the molecule is OC1(CCNc2ccc3cc(Cl)cnc3n2)CCOCC1. The number of hydrogen-bond donors (Lipinski definition) is 2. The fourth-order valence-corrected chi connectivity index (χ4v) is 2.67. The molecule has 0 amide bonds. The Morgan fingerprint density at radius 3 is 2.95 bits per heavy atom. The average Bonchev–Trinajstić information content (AvgIpc) is 2.48. The van der Waals surface area contributed by atoms with Gasteiger partial charge in [0.1, 0.15) is 5.82 Å². The quantitative estimate of drug-likeness (QED) is 0.909. The second kappa shape index (κ2) is 6.13. The van der Waals surface area contributed by atoms with Crippen LogP contribution in [0.1, 0.15) is 19.3 Å². The molecule has 1 aliphatic heterocycles. The van der Waals surface area contributed by atoms with Crippen molar-refractivity contribution < 1.29 is 9.84 Å². The Bertz CT molecular complexity index is 629. The molecular formula is C15H18ClN3O2. The minimum atomic E-state index is -0.617. The number of halogens is 1. The summed E-state index contributed by atoms with van der Waals surface area (Å²) in [7, 11) is 0. The molecule has 0 spiro atoms. The molecule has 112 valence electrons. The second-order valence-electron chi connectivity index (χ2n) is 5.41. The summed E-state index contributed by atoms with van der Waals surface area (Å²) >= 11 is 5.90. The van der Waals surface area contributed by atoms with Crippen LogP contribution in [0.25, 0.3) is 11.0 Å². The number of ether oxygens (including phenoxy) is 1. The van der Waals surface area contributed by atoms with E-state index in [9.17, 15) is 5.11 Å². The maximum Gasteiger partial charge on any atom is 0.161 e. The van der Waals surface area contributed by atoms with Gasteiger partial charge in [0.25, 0.3) is 0 Å². The van der Waals surface area contributed by atoms with E-state index in [1.54, 1.807) is 6.20 Å². The van der Waals surface area contributed by atoms with Crippen molar-refractivity contribution in [1.29, 1.82) is 0 Å². The van der Waals surface area contributed by atoms with Crippen molar-refractivity contribution in [2.45, 2.75) is 24.9 Å². The lowest BCUT2D eigenvalue weighted by atomic mass is 9.91. The fraction of sp³-hybridized carbons (Fsp3) is 0.467. The first-order chi connectivity index (χ1) is 10.1. The molecule has 5 nitrogen and oxygen atoms in total. The van der Waals surface area contributed by atoms with Crippen molar-refractivity contribution in [1.82, 2.24) is 9.97 Å². The molecule has 0 aromatic carbocycles. The lowest BCUT2D eigenvalue weighted by Gasteiger charge is -2.32.